The van der Waals surface area contributed by atoms with Gasteiger partial charge in [0.1, 0.15) is 0 Å². The van der Waals surface area contributed by atoms with E-state index in [4.69, 9.17) is 0 Å². The number of nitrogens with one attached hydrogen (secondary N) is 2. The molecule has 1 fully saturated rings. The molecule has 2 N–H and O–H groups in total. The molecule has 1 aliphatic heterocycles. The quantitative estimate of drug-likeness (QED) is 0.648. The maximum atomic E-state index is 11.8. The van der Waals surface area contributed by atoms with Crippen LogP contribution in [0, 0.1) is 0 Å². The van der Waals surface area contributed by atoms with Crippen LogP contribution in [-0.2, 0) is 6.54 Å². The zero-order valence-electron chi connectivity index (χ0n) is 15.1. The van der Waals surface area contributed by atoms with Crippen molar-refractivity contribution in [3.63, 3.8) is 0 Å². The fraction of sp³-hybridized carbons (Fsp3) is 0.556. The summed E-state index contributed by atoms with van der Waals surface area (Å²) in [6.07, 6.45) is 0. The number of aliphatic imine (C=N–C) groups is 1. The third-order valence-corrected chi connectivity index (χ3v) is 5.24. The summed E-state index contributed by atoms with van der Waals surface area (Å²) in [4.78, 5) is 18.5. The number of nitrogens with zero attached hydrogens (tertiary/aromatic N) is 2. The van der Waals surface area contributed by atoms with Gasteiger partial charge >= 0.3 is 0 Å². The van der Waals surface area contributed by atoms with Gasteiger partial charge in [0, 0.05) is 49.3 Å². The van der Waals surface area contributed by atoms with Crippen LogP contribution in [0.25, 0.3) is 0 Å². The van der Waals surface area contributed by atoms with Gasteiger partial charge in [-0.3, -0.25) is 9.79 Å². The summed E-state index contributed by atoms with van der Waals surface area (Å²) >= 11 is 2.01. The highest BCUT2D eigenvalue weighted by Gasteiger charge is 2.28. The van der Waals surface area contributed by atoms with Gasteiger partial charge in [0.2, 0.25) is 0 Å². The molecule has 0 radical (unpaired) electrons. The van der Waals surface area contributed by atoms with Gasteiger partial charge in [0.15, 0.2) is 5.96 Å². The molecule has 132 valence electrons. The summed E-state index contributed by atoms with van der Waals surface area (Å²) in [5, 5.41) is 6.24. The summed E-state index contributed by atoms with van der Waals surface area (Å²) in [6.45, 7) is 9.82. The minimum Gasteiger partial charge on any atom is -0.352 e. The largest absolute Gasteiger partial charge is 0.352 e. The fourth-order valence-corrected chi connectivity index (χ4v) is 3.86. The molecule has 0 atom stereocenters. The van der Waals surface area contributed by atoms with Crippen molar-refractivity contribution < 1.29 is 4.79 Å². The highest BCUT2D eigenvalue weighted by molar-refractivity contribution is 8.00. The first-order chi connectivity index (χ1) is 11.4. The van der Waals surface area contributed by atoms with Crippen LogP contribution < -0.4 is 10.6 Å². The first-order valence-corrected chi connectivity index (χ1v) is 9.40. The fourth-order valence-electron chi connectivity index (χ4n) is 2.75. The van der Waals surface area contributed by atoms with Crippen molar-refractivity contribution in [1.82, 2.24) is 15.5 Å². The Morgan fingerprint density at radius 3 is 2.58 bits per heavy atom. The van der Waals surface area contributed by atoms with Crippen LogP contribution in [0.5, 0.6) is 0 Å². The summed E-state index contributed by atoms with van der Waals surface area (Å²) in [5.41, 5.74) is 1.83. The number of benzene rings is 1. The first kappa shape index (κ1) is 18.6. The lowest BCUT2D eigenvalue weighted by Crippen LogP contribution is -2.50. The Kier molecular flexibility index (Phi) is 6.54. The number of hydrogen-bond acceptors (Lipinski definition) is 3. The first-order valence-electron chi connectivity index (χ1n) is 8.42. The maximum absolute atomic E-state index is 11.8. The van der Waals surface area contributed by atoms with E-state index in [1.54, 1.807) is 0 Å². The lowest BCUT2D eigenvalue weighted by Gasteiger charge is -2.39. The van der Waals surface area contributed by atoms with Gasteiger partial charge in [-0.25, -0.2) is 0 Å². The average molecular weight is 349 g/mol. The Labute approximate surface area is 149 Å². The Morgan fingerprint density at radius 2 is 2.00 bits per heavy atom. The number of hydrogen-bond donors (Lipinski definition) is 2. The molecular formula is C18H28N4OS. The van der Waals surface area contributed by atoms with Gasteiger partial charge in [-0.15, -0.1) is 0 Å². The highest BCUT2D eigenvalue weighted by Crippen LogP contribution is 2.29. The normalized spacial score (nSPS) is 17.5. The number of carbonyl (C=O) groups is 1. The molecule has 1 heterocycles. The molecule has 2 rings (SSSR count). The SMILES string of the molecule is CCNC(=O)c1ccc(CNC(=NC)N2CCSC(C)(C)C2)cc1. The van der Waals surface area contributed by atoms with Crippen molar-refractivity contribution in [2.45, 2.75) is 32.1 Å². The Hall–Kier alpha value is -1.69. The Bertz CT molecular complexity index is 583. The van der Waals surface area contributed by atoms with Gasteiger partial charge in [0.25, 0.3) is 5.91 Å². The molecule has 24 heavy (non-hydrogen) atoms. The Balaban J connectivity index is 1.92. The van der Waals surface area contributed by atoms with Crippen molar-refractivity contribution >= 4 is 23.6 Å². The van der Waals surface area contributed by atoms with Gasteiger partial charge < -0.3 is 15.5 Å². The van der Waals surface area contributed by atoms with E-state index < -0.39 is 0 Å². The molecule has 5 nitrogen and oxygen atoms in total. The average Bonchev–Trinajstić information content (AvgIpc) is 2.55. The second-order valence-electron chi connectivity index (χ2n) is 6.49. The molecule has 1 saturated heterocycles. The third kappa shape index (κ3) is 5.16. The molecule has 0 aliphatic carbocycles. The van der Waals surface area contributed by atoms with E-state index >= 15 is 0 Å². The topological polar surface area (TPSA) is 56.7 Å². The van der Waals surface area contributed by atoms with Crippen LogP contribution >= 0.6 is 11.8 Å². The van der Waals surface area contributed by atoms with Gasteiger partial charge in [-0.1, -0.05) is 12.1 Å². The standard InChI is InChI=1S/C18H28N4OS/c1-5-20-16(23)15-8-6-14(7-9-15)12-21-17(19-4)22-10-11-24-18(2,3)13-22/h6-9H,5,10-13H2,1-4H3,(H,19,21)(H,20,23). The van der Waals surface area contributed by atoms with Crippen molar-refractivity contribution in [1.29, 1.82) is 0 Å². The number of rotatable bonds is 4. The summed E-state index contributed by atoms with van der Waals surface area (Å²) in [5.74, 6) is 2.03. The molecule has 0 aromatic heterocycles. The van der Waals surface area contributed by atoms with E-state index in [1.165, 1.54) is 0 Å². The lowest BCUT2D eigenvalue weighted by molar-refractivity contribution is 0.0956. The molecule has 1 aliphatic rings. The number of guanidine groups is 1. The van der Waals surface area contributed by atoms with E-state index in [0.717, 1.165) is 30.4 Å². The van der Waals surface area contributed by atoms with Crippen LogP contribution in [0.15, 0.2) is 29.3 Å². The van der Waals surface area contributed by atoms with Crippen molar-refractivity contribution in [2.24, 2.45) is 4.99 Å². The third-order valence-electron chi connectivity index (χ3n) is 3.94. The van der Waals surface area contributed by atoms with Gasteiger partial charge in [-0.05, 0) is 38.5 Å². The van der Waals surface area contributed by atoms with Crippen LogP contribution in [0.4, 0.5) is 0 Å². The maximum Gasteiger partial charge on any atom is 0.251 e. The van der Waals surface area contributed by atoms with Crippen molar-refractivity contribution in [3.05, 3.63) is 35.4 Å². The van der Waals surface area contributed by atoms with Crippen LogP contribution in [0.3, 0.4) is 0 Å². The lowest BCUT2D eigenvalue weighted by atomic mass is 10.1. The van der Waals surface area contributed by atoms with E-state index in [9.17, 15) is 4.79 Å². The molecule has 1 amide bonds. The van der Waals surface area contributed by atoms with Gasteiger partial charge in [-0.2, -0.15) is 11.8 Å². The molecule has 6 heteroatoms. The number of carbonyl (C=O) groups excluding carboxylic acids is 1. The molecule has 0 saturated carbocycles. The van der Waals surface area contributed by atoms with Crippen molar-refractivity contribution in [2.75, 3.05) is 32.4 Å². The molecule has 1 aromatic rings. The van der Waals surface area contributed by atoms with Crippen LogP contribution in [-0.4, -0.2) is 53.9 Å². The molecule has 0 bridgehead atoms. The predicted octanol–water partition coefficient (Wildman–Crippen LogP) is 2.34. The zero-order chi connectivity index (χ0) is 17.6. The summed E-state index contributed by atoms with van der Waals surface area (Å²) in [6, 6.07) is 7.71. The van der Waals surface area contributed by atoms with E-state index in [2.05, 4.69) is 34.4 Å². The van der Waals surface area contributed by atoms with Gasteiger partial charge in [0.05, 0.1) is 0 Å². The smallest absolute Gasteiger partial charge is 0.251 e. The van der Waals surface area contributed by atoms with Crippen molar-refractivity contribution in [3.8, 4) is 0 Å². The van der Waals surface area contributed by atoms with E-state index in [0.29, 0.717) is 18.7 Å². The monoisotopic (exact) mass is 348 g/mol. The number of thioether (sulfide) groups is 1. The predicted molar refractivity (Wildman–Crippen MR) is 103 cm³/mol. The summed E-state index contributed by atoms with van der Waals surface area (Å²) in [7, 11) is 1.83. The molecule has 0 spiro atoms. The summed E-state index contributed by atoms with van der Waals surface area (Å²) < 4.78 is 0.254. The zero-order valence-corrected chi connectivity index (χ0v) is 15.9. The second kappa shape index (κ2) is 8.42. The molecule has 0 unspecified atom stereocenters. The number of amides is 1. The minimum absolute atomic E-state index is 0.0270. The Morgan fingerprint density at radius 1 is 1.29 bits per heavy atom. The second-order valence-corrected chi connectivity index (χ2v) is 8.29. The molecule has 1 aromatic carbocycles. The highest BCUT2D eigenvalue weighted by atomic mass is 32.2. The minimum atomic E-state index is -0.0270. The molecular weight excluding hydrogens is 320 g/mol. The van der Waals surface area contributed by atoms with Crippen LogP contribution in [0.2, 0.25) is 0 Å². The van der Waals surface area contributed by atoms with E-state index in [-0.39, 0.29) is 10.7 Å². The van der Waals surface area contributed by atoms with Crippen LogP contribution in [0.1, 0.15) is 36.7 Å². The van der Waals surface area contributed by atoms with E-state index in [1.807, 2.05) is 50.0 Å².